The summed E-state index contributed by atoms with van der Waals surface area (Å²) in [6.45, 7) is 2.03. The number of aromatic nitrogens is 2. The maximum atomic E-state index is 12.2. The number of H-pyrrole nitrogens is 1. The zero-order valence-corrected chi connectivity index (χ0v) is 20.2. The first-order chi connectivity index (χ1) is 16.1. The minimum Gasteiger partial charge on any atom is -0.390 e. The van der Waals surface area contributed by atoms with Crippen LogP contribution in [0.25, 0.3) is 0 Å². The van der Waals surface area contributed by atoms with Crippen molar-refractivity contribution in [2.75, 3.05) is 6.61 Å². The van der Waals surface area contributed by atoms with Crippen molar-refractivity contribution in [3.05, 3.63) is 32.6 Å². The summed E-state index contributed by atoms with van der Waals surface area (Å²) in [5.74, 6) is 0. The van der Waals surface area contributed by atoms with E-state index in [0.29, 0.717) is 0 Å². The van der Waals surface area contributed by atoms with Crippen molar-refractivity contribution < 1.29 is 57.1 Å². The molecule has 1 aromatic rings. The van der Waals surface area contributed by atoms with Crippen LogP contribution in [0.5, 0.6) is 0 Å². The van der Waals surface area contributed by atoms with Crippen LogP contribution in [0.1, 0.15) is 25.1 Å². The molecule has 35 heavy (non-hydrogen) atoms. The molecule has 3 rings (SSSR count). The second kappa shape index (κ2) is 10.6. The molecule has 2 aliphatic heterocycles. The lowest BCUT2D eigenvalue weighted by atomic mass is 9.98. The first kappa shape index (κ1) is 28.3. The van der Waals surface area contributed by atoms with Crippen LogP contribution >= 0.6 is 15.6 Å². The average molecular weight is 547 g/mol. The number of ether oxygens (including phenoxy) is 2. The summed E-state index contributed by atoms with van der Waals surface area (Å²) in [4.78, 5) is 45.2. The summed E-state index contributed by atoms with van der Waals surface area (Å²) < 4.78 is 49.3. The largest absolute Gasteiger partial charge is 0.483 e. The van der Waals surface area contributed by atoms with Gasteiger partial charge in [0.2, 0.25) is 0 Å². The van der Waals surface area contributed by atoms with Crippen LogP contribution in [-0.4, -0.2) is 84.1 Å². The highest BCUT2D eigenvalue weighted by atomic mass is 31.3. The number of rotatable bonds is 8. The maximum Gasteiger partial charge on any atom is 0.483 e. The number of nitrogens with two attached hydrogens (primary N) is 1. The molecule has 10 atom stereocenters. The summed E-state index contributed by atoms with van der Waals surface area (Å²) >= 11 is 0. The number of aromatic amines is 1. The molecule has 0 aromatic carbocycles. The van der Waals surface area contributed by atoms with Gasteiger partial charge in [0.05, 0.1) is 24.9 Å². The number of nitrogens with zero attached hydrogens (tertiary/aromatic N) is 1. The van der Waals surface area contributed by atoms with Crippen LogP contribution in [0, 0.1) is 6.92 Å². The molecule has 3 heterocycles. The molecule has 0 radical (unpaired) electrons. The van der Waals surface area contributed by atoms with Crippen LogP contribution < -0.4 is 17.0 Å². The quantitative estimate of drug-likeness (QED) is 0.166. The Morgan fingerprint density at radius 2 is 1.83 bits per heavy atom. The van der Waals surface area contributed by atoms with Gasteiger partial charge in [0.25, 0.3) is 5.56 Å². The van der Waals surface area contributed by atoms with Gasteiger partial charge in [-0.15, -0.1) is 0 Å². The van der Waals surface area contributed by atoms with E-state index in [0.717, 1.165) is 4.57 Å². The highest BCUT2D eigenvalue weighted by Crippen LogP contribution is 2.61. The molecule has 0 amide bonds. The average Bonchev–Trinajstić information content (AvgIpc) is 3.11. The molecule has 0 bridgehead atoms. The SMILES string of the molecule is Cc1cn([C@@H]2C[C@@H](O)[C@H](COP(=O)(O)OP(=O)(O)O[C@@H]3O[C@@H](C)[C@H](N)[C@@H](O)[C@@H]3O)O2)c(=O)[nH]c1=O. The van der Waals surface area contributed by atoms with Crippen LogP contribution in [0.2, 0.25) is 0 Å². The minimum atomic E-state index is -5.40. The number of phosphoric ester groups is 2. The van der Waals surface area contributed by atoms with Crippen molar-refractivity contribution in [1.29, 1.82) is 0 Å². The third kappa shape index (κ3) is 6.72. The second-order valence-electron chi connectivity index (χ2n) is 8.10. The number of hydrogen-bond donors (Lipinski definition) is 7. The lowest BCUT2D eigenvalue weighted by molar-refractivity contribution is -0.242. The van der Waals surface area contributed by atoms with Crippen molar-refractivity contribution in [2.24, 2.45) is 5.73 Å². The molecule has 0 aliphatic carbocycles. The second-order valence-corrected chi connectivity index (χ2v) is 11.1. The summed E-state index contributed by atoms with van der Waals surface area (Å²) in [7, 11) is -10.7. The zero-order valence-electron chi connectivity index (χ0n) is 18.4. The molecule has 2 unspecified atom stereocenters. The molecular weight excluding hydrogens is 520 g/mol. The topological polar surface area (TPSA) is 262 Å². The van der Waals surface area contributed by atoms with Gasteiger partial charge in [-0.3, -0.25) is 23.4 Å². The van der Waals surface area contributed by atoms with E-state index in [4.69, 9.17) is 15.2 Å². The van der Waals surface area contributed by atoms with Gasteiger partial charge < -0.3 is 40.3 Å². The molecule has 2 saturated heterocycles. The number of phosphoric acid groups is 2. The van der Waals surface area contributed by atoms with E-state index in [-0.39, 0.29) is 12.0 Å². The van der Waals surface area contributed by atoms with E-state index in [2.05, 4.69) is 18.3 Å². The van der Waals surface area contributed by atoms with E-state index >= 15 is 0 Å². The van der Waals surface area contributed by atoms with Crippen LogP contribution in [0.15, 0.2) is 15.8 Å². The van der Waals surface area contributed by atoms with Gasteiger partial charge in [-0.2, -0.15) is 4.31 Å². The predicted octanol–water partition coefficient (Wildman–Crippen LogP) is -2.46. The number of nitrogens with one attached hydrogen (secondary N) is 1. The van der Waals surface area contributed by atoms with Crippen molar-refractivity contribution in [3.8, 4) is 0 Å². The first-order valence-corrected chi connectivity index (χ1v) is 13.2. The molecular formula is C16H27N3O14P2. The van der Waals surface area contributed by atoms with E-state index < -0.39 is 82.6 Å². The summed E-state index contributed by atoms with van der Waals surface area (Å²) in [5, 5.41) is 29.9. The Hall–Kier alpha value is -1.30. The van der Waals surface area contributed by atoms with Crippen molar-refractivity contribution in [3.63, 3.8) is 0 Å². The Bertz CT molecular complexity index is 1130. The van der Waals surface area contributed by atoms with Crippen molar-refractivity contribution >= 4 is 15.6 Å². The Balaban J connectivity index is 1.59. The molecule has 2 fully saturated rings. The third-order valence-electron chi connectivity index (χ3n) is 5.42. The summed E-state index contributed by atoms with van der Waals surface area (Å²) in [6, 6.07) is -1.03. The summed E-state index contributed by atoms with van der Waals surface area (Å²) in [6.07, 6.45) is -8.81. The molecule has 1 aromatic heterocycles. The Kier molecular flexibility index (Phi) is 8.56. The van der Waals surface area contributed by atoms with Crippen molar-refractivity contribution in [2.45, 2.75) is 69.3 Å². The van der Waals surface area contributed by atoms with Gasteiger partial charge in [-0.25, -0.2) is 13.9 Å². The Morgan fingerprint density at radius 1 is 1.17 bits per heavy atom. The number of aliphatic hydroxyl groups is 3. The van der Waals surface area contributed by atoms with E-state index in [9.17, 15) is 43.8 Å². The van der Waals surface area contributed by atoms with Gasteiger partial charge in [0.1, 0.15) is 24.5 Å². The molecule has 17 nitrogen and oxygen atoms in total. The van der Waals surface area contributed by atoms with Gasteiger partial charge >= 0.3 is 21.3 Å². The van der Waals surface area contributed by atoms with Gasteiger partial charge in [0, 0.05) is 18.2 Å². The van der Waals surface area contributed by atoms with Crippen LogP contribution in [-0.2, 0) is 32.0 Å². The highest BCUT2D eigenvalue weighted by Gasteiger charge is 2.47. The molecule has 0 spiro atoms. The van der Waals surface area contributed by atoms with E-state index in [1.165, 1.54) is 20.0 Å². The fourth-order valence-electron chi connectivity index (χ4n) is 3.44. The normalized spacial score (nSPS) is 37.0. The standard InChI is InChI=1S/C16H27N3O14P2/c1-6-4-19(16(24)18-14(6)23)10-3-8(20)9(31-10)5-29-34(25,26)33-35(27,28)32-15-13(22)12(21)11(17)7(2)30-15/h4,7-13,15,20-22H,3,5,17H2,1-2H3,(H,25,26)(H,27,28)(H,18,23,24)/t7-,8+,9-,10-,11-,12+,13-,15-/m0/s1. The van der Waals surface area contributed by atoms with E-state index in [1.54, 1.807) is 0 Å². The number of hydrogen-bond acceptors (Lipinski definition) is 13. The van der Waals surface area contributed by atoms with Gasteiger partial charge in [-0.05, 0) is 13.8 Å². The molecule has 200 valence electrons. The van der Waals surface area contributed by atoms with Crippen molar-refractivity contribution in [1.82, 2.24) is 9.55 Å². The molecule has 8 N–H and O–H groups in total. The molecule has 0 saturated carbocycles. The third-order valence-corrected chi connectivity index (χ3v) is 8.02. The Labute approximate surface area is 197 Å². The highest BCUT2D eigenvalue weighted by molar-refractivity contribution is 7.61. The predicted molar refractivity (Wildman–Crippen MR) is 113 cm³/mol. The summed E-state index contributed by atoms with van der Waals surface area (Å²) in [5.41, 5.74) is 4.39. The smallest absolute Gasteiger partial charge is 0.390 e. The number of aryl methyl sites for hydroxylation is 1. The van der Waals surface area contributed by atoms with Crippen LogP contribution in [0.3, 0.4) is 0 Å². The van der Waals surface area contributed by atoms with Gasteiger partial charge in [-0.1, -0.05) is 0 Å². The first-order valence-electron chi connectivity index (χ1n) is 10.2. The van der Waals surface area contributed by atoms with Gasteiger partial charge in [0.15, 0.2) is 6.29 Å². The minimum absolute atomic E-state index is 0.142. The maximum absolute atomic E-state index is 12.2. The lowest BCUT2D eigenvalue weighted by Gasteiger charge is -2.39. The fraction of sp³-hybridized carbons (Fsp3) is 0.750. The number of aliphatic hydroxyl groups excluding tert-OH is 3. The lowest BCUT2D eigenvalue weighted by Crippen LogP contribution is -2.60. The fourth-order valence-corrected chi connectivity index (χ4v) is 5.60. The molecule has 2 aliphatic rings. The Morgan fingerprint density at radius 3 is 2.49 bits per heavy atom. The van der Waals surface area contributed by atoms with E-state index in [1.807, 2.05) is 0 Å². The zero-order chi connectivity index (χ0) is 26.3. The monoisotopic (exact) mass is 547 g/mol. The van der Waals surface area contributed by atoms with Crippen LogP contribution in [0.4, 0.5) is 0 Å². The molecule has 19 heteroatoms.